The number of nitrogens with one attached hydrogen (secondary N) is 1. The number of amides is 1. The summed E-state index contributed by atoms with van der Waals surface area (Å²) >= 11 is 0.859. The van der Waals surface area contributed by atoms with Crippen LogP contribution in [0.25, 0.3) is 10.9 Å². The summed E-state index contributed by atoms with van der Waals surface area (Å²) in [4.78, 5) is 19.1. The second kappa shape index (κ2) is 7.03. The van der Waals surface area contributed by atoms with Crippen molar-refractivity contribution >= 4 is 38.4 Å². The van der Waals surface area contributed by atoms with Crippen molar-refractivity contribution in [2.45, 2.75) is 23.7 Å². The van der Waals surface area contributed by atoms with Crippen molar-refractivity contribution in [3.63, 3.8) is 0 Å². The highest BCUT2D eigenvalue weighted by molar-refractivity contribution is 8.00. The third-order valence-corrected chi connectivity index (χ3v) is 6.52. The number of benzene rings is 1. The molecule has 1 aliphatic heterocycles. The Labute approximate surface area is 151 Å². The molecule has 0 saturated carbocycles. The van der Waals surface area contributed by atoms with Gasteiger partial charge < -0.3 is 5.32 Å². The first kappa shape index (κ1) is 18.9. The maximum Gasteiger partial charge on any atom is 0.451 e. The van der Waals surface area contributed by atoms with Gasteiger partial charge in [-0.1, -0.05) is 30.0 Å². The molecule has 0 radical (unpaired) electrons. The lowest BCUT2D eigenvalue weighted by molar-refractivity contribution is -0.145. The molecule has 0 spiro atoms. The number of hydrogen-bond donors (Lipinski definition) is 1. The molecule has 0 unspecified atom stereocenters. The molecule has 1 aromatic carbocycles. The van der Waals surface area contributed by atoms with E-state index in [1.807, 2.05) is 0 Å². The highest BCUT2D eigenvalue weighted by Gasteiger charge is 2.35. The summed E-state index contributed by atoms with van der Waals surface area (Å²) in [7, 11) is -3.13. The highest BCUT2D eigenvalue weighted by Crippen LogP contribution is 2.32. The van der Waals surface area contributed by atoms with Crippen LogP contribution in [0.15, 0.2) is 29.3 Å². The zero-order chi connectivity index (χ0) is 18.9. The average Bonchev–Trinajstić information content (AvgIpc) is 2.90. The second-order valence-electron chi connectivity index (χ2n) is 5.82. The van der Waals surface area contributed by atoms with Gasteiger partial charge in [-0.05, 0) is 12.5 Å². The van der Waals surface area contributed by atoms with Gasteiger partial charge in [0.15, 0.2) is 9.84 Å². The van der Waals surface area contributed by atoms with Gasteiger partial charge in [-0.2, -0.15) is 13.2 Å². The van der Waals surface area contributed by atoms with Gasteiger partial charge in [-0.3, -0.25) is 4.79 Å². The lowest BCUT2D eigenvalue weighted by Crippen LogP contribution is -2.36. The third kappa shape index (κ3) is 4.44. The van der Waals surface area contributed by atoms with E-state index >= 15 is 0 Å². The summed E-state index contributed by atoms with van der Waals surface area (Å²) in [5.74, 6) is -1.97. The molecule has 3 rings (SSSR count). The van der Waals surface area contributed by atoms with Crippen molar-refractivity contribution in [1.82, 2.24) is 15.3 Å². The average molecular weight is 405 g/mol. The number of sulfone groups is 1. The SMILES string of the molecule is O=C(CSc1nc(C(F)(F)F)nc2ccccc12)N[C@H]1CCS(=O)(=O)C1. The number of carbonyl (C=O) groups is 1. The van der Waals surface area contributed by atoms with E-state index in [1.165, 1.54) is 6.07 Å². The van der Waals surface area contributed by atoms with Gasteiger partial charge in [0, 0.05) is 11.4 Å². The van der Waals surface area contributed by atoms with Gasteiger partial charge in [0.1, 0.15) is 5.03 Å². The van der Waals surface area contributed by atoms with E-state index in [1.54, 1.807) is 18.2 Å². The van der Waals surface area contributed by atoms with Gasteiger partial charge in [-0.15, -0.1) is 0 Å². The van der Waals surface area contributed by atoms with Crippen molar-refractivity contribution in [1.29, 1.82) is 0 Å². The van der Waals surface area contributed by atoms with Crippen LogP contribution in [0.1, 0.15) is 12.2 Å². The first-order chi connectivity index (χ1) is 12.1. The molecule has 1 atom stereocenters. The molecule has 2 aromatic rings. The molecular formula is C15H14F3N3O3S2. The largest absolute Gasteiger partial charge is 0.451 e. The lowest BCUT2D eigenvalue weighted by atomic mass is 10.2. The molecule has 6 nitrogen and oxygen atoms in total. The minimum atomic E-state index is -4.69. The molecule has 0 aliphatic carbocycles. The number of aromatic nitrogens is 2. The molecule has 0 bridgehead atoms. The summed E-state index contributed by atoms with van der Waals surface area (Å²) in [5, 5.41) is 3.06. The zero-order valence-corrected chi connectivity index (χ0v) is 14.9. The molecule has 1 amide bonds. The Morgan fingerprint density at radius 2 is 2.00 bits per heavy atom. The Hall–Kier alpha value is -1.88. The van der Waals surface area contributed by atoms with E-state index in [2.05, 4.69) is 15.3 Å². The fraction of sp³-hybridized carbons (Fsp3) is 0.400. The summed E-state index contributed by atoms with van der Waals surface area (Å²) in [6, 6.07) is 5.78. The fourth-order valence-corrected chi connectivity index (χ4v) is 5.10. The zero-order valence-electron chi connectivity index (χ0n) is 13.3. The standard InChI is InChI=1S/C15H14F3N3O3S2/c16-15(17,18)14-20-11-4-2-1-3-10(11)13(21-14)25-7-12(22)19-9-5-6-26(23,24)8-9/h1-4,9H,5-8H2,(H,19,22)/t9-/m0/s1. The van der Waals surface area contributed by atoms with Crippen molar-refractivity contribution in [3.05, 3.63) is 30.1 Å². The Morgan fingerprint density at radius 3 is 2.65 bits per heavy atom. The van der Waals surface area contributed by atoms with Gasteiger partial charge in [0.05, 0.1) is 22.8 Å². The Balaban J connectivity index is 1.75. The van der Waals surface area contributed by atoms with Crippen molar-refractivity contribution < 1.29 is 26.4 Å². The molecule has 140 valence electrons. The van der Waals surface area contributed by atoms with E-state index in [9.17, 15) is 26.4 Å². The molecule has 1 aliphatic rings. The number of fused-ring (bicyclic) bond motifs is 1. The predicted molar refractivity (Wildman–Crippen MR) is 90.5 cm³/mol. The van der Waals surface area contributed by atoms with Crippen LogP contribution < -0.4 is 5.32 Å². The van der Waals surface area contributed by atoms with Crippen LogP contribution in [0.5, 0.6) is 0 Å². The van der Waals surface area contributed by atoms with Gasteiger partial charge in [0.25, 0.3) is 0 Å². The van der Waals surface area contributed by atoms with E-state index in [-0.39, 0.29) is 27.8 Å². The summed E-state index contributed by atoms with van der Waals surface area (Å²) < 4.78 is 61.7. The first-order valence-corrected chi connectivity index (χ1v) is 10.4. The van der Waals surface area contributed by atoms with Crippen LogP contribution >= 0.6 is 11.8 Å². The first-order valence-electron chi connectivity index (χ1n) is 7.61. The number of hydrogen-bond acceptors (Lipinski definition) is 6. The quantitative estimate of drug-likeness (QED) is 0.619. The Bertz CT molecular complexity index is 948. The molecule has 1 aromatic heterocycles. The topological polar surface area (TPSA) is 89.0 Å². The van der Waals surface area contributed by atoms with Crippen molar-refractivity contribution in [3.8, 4) is 0 Å². The minimum Gasteiger partial charge on any atom is -0.352 e. The molecule has 1 fully saturated rings. The molecule has 11 heteroatoms. The van der Waals surface area contributed by atoms with Crippen LogP contribution in [0, 0.1) is 0 Å². The van der Waals surface area contributed by atoms with Crippen LogP contribution in [-0.2, 0) is 20.8 Å². The molecule has 26 heavy (non-hydrogen) atoms. The predicted octanol–water partition coefficient (Wildman–Crippen LogP) is 2.04. The number of alkyl halides is 3. The van der Waals surface area contributed by atoms with E-state index in [4.69, 9.17) is 0 Å². The van der Waals surface area contributed by atoms with Gasteiger partial charge in [0.2, 0.25) is 11.7 Å². The number of halogens is 3. The molecule has 2 heterocycles. The van der Waals surface area contributed by atoms with Crippen molar-refractivity contribution in [2.75, 3.05) is 17.3 Å². The lowest BCUT2D eigenvalue weighted by Gasteiger charge is -2.12. The summed E-state index contributed by atoms with van der Waals surface area (Å²) in [6.07, 6.45) is -4.35. The number of nitrogens with zero attached hydrogens (tertiary/aromatic N) is 2. The summed E-state index contributed by atoms with van der Waals surface area (Å²) in [6.45, 7) is 0. The van der Waals surface area contributed by atoms with Crippen LogP contribution in [-0.4, -0.2) is 47.6 Å². The maximum absolute atomic E-state index is 13.0. The van der Waals surface area contributed by atoms with Crippen LogP contribution in [0.4, 0.5) is 13.2 Å². The van der Waals surface area contributed by atoms with Gasteiger partial charge in [-0.25, -0.2) is 18.4 Å². The fourth-order valence-electron chi connectivity index (χ4n) is 2.60. The van der Waals surface area contributed by atoms with Crippen LogP contribution in [0.2, 0.25) is 0 Å². The second-order valence-corrected chi connectivity index (χ2v) is 9.02. The highest BCUT2D eigenvalue weighted by atomic mass is 32.2. The number of para-hydroxylation sites is 1. The Kier molecular flexibility index (Phi) is 5.11. The molecule has 1 N–H and O–H groups in total. The molecular weight excluding hydrogens is 391 g/mol. The molecule has 1 saturated heterocycles. The van der Waals surface area contributed by atoms with Gasteiger partial charge >= 0.3 is 6.18 Å². The van der Waals surface area contributed by atoms with Crippen molar-refractivity contribution in [2.24, 2.45) is 0 Å². The third-order valence-electron chi connectivity index (χ3n) is 3.76. The maximum atomic E-state index is 13.0. The number of rotatable bonds is 4. The van der Waals surface area contributed by atoms with E-state index in [0.717, 1.165) is 11.8 Å². The van der Waals surface area contributed by atoms with E-state index in [0.29, 0.717) is 11.8 Å². The number of carbonyl (C=O) groups excluding carboxylic acids is 1. The smallest absolute Gasteiger partial charge is 0.352 e. The van der Waals surface area contributed by atoms with Crippen LogP contribution in [0.3, 0.4) is 0 Å². The Morgan fingerprint density at radius 1 is 1.27 bits per heavy atom. The minimum absolute atomic E-state index is 0.0244. The summed E-state index contributed by atoms with van der Waals surface area (Å²) in [5.41, 5.74) is 0.139. The normalized spacial score (nSPS) is 19.6. The van der Waals surface area contributed by atoms with E-state index < -0.39 is 33.8 Å². The monoisotopic (exact) mass is 405 g/mol. The number of thioether (sulfide) groups is 1.